The maximum absolute atomic E-state index is 13.7. The van der Waals surface area contributed by atoms with Gasteiger partial charge in [-0.3, -0.25) is 9.78 Å². The monoisotopic (exact) mass is 516 g/mol. The molecule has 1 saturated heterocycles. The van der Waals surface area contributed by atoms with Gasteiger partial charge in [0.2, 0.25) is 5.91 Å². The SMILES string of the molecule is N#Cc1ccc(NN2CCC(N(C(=O)CCCc3ccccc3)c3ccc(-c4ccncc4)cc3)CC2)nc1. The standard InChI is InChI=1S/C32H32N6O/c33-23-26-9-14-31(35-24-26)36-37-21-17-30(18-22-37)38(32(39)8-4-7-25-5-2-1-3-6-25)29-12-10-27(11-13-29)28-15-19-34-20-16-28/h1-3,5-6,9-16,19-20,24,30H,4,7-8,17-18,21-22H2,(H,35,36). The Kier molecular flexibility index (Phi) is 8.57. The van der Waals surface area contributed by atoms with Gasteiger partial charge >= 0.3 is 0 Å². The van der Waals surface area contributed by atoms with Gasteiger partial charge < -0.3 is 10.3 Å². The molecule has 0 aliphatic carbocycles. The zero-order valence-corrected chi connectivity index (χ0v) is 21.9. The highest BCUT2D eigenvalue weighted by Crippen LogP contribution is 2.28. The van der Waals surface area contributed by atoms with Gasteiger partial charge in [0.1, 0.15) is 11.9 Å². The molecule has 4 aromatic rings. The molecule has 0 spiro atoms. The lowest BCUT2D eigenvalue weighted by molar-refractivity contribution is -0.119. The molecule has 0 saturated carbocycles. The fraction of sp³-hybridized carbons (Fsp3) is 0.250. The first-order valence-electron chi connectivity index (χ1n) is 13.4. The van der Waals surface area contributed by atoms with E-state index in [1.54, 1.807) is 24.7 Å². The van der Waals surface area contributed by atoms with Gasteiger partial charge in [0.15, 0.2) is 0 Å². The van der Waals surface area contributed by atoms with Gasteiger partial charge in [-0.15, -0.1) is 0 Å². The lowest BCUT2D eigenvalue weighted by Crippen LogP contribution is -2.49. The summed E-state index contributed by atoms with van der Waals surface area (Å²) < 4.78 is 0. The molecule has 7 heteroatoms. The Morgan fingerprint density at radius 3 is 2.33 bits per heavy atom. The summed E-state index contributed by atoms with van der Waals surface area (Å²) in [5.41, 5.74) is 8.29. The van der Waals surface area contributed by atoms with Crippen molar-refractivity contribution in [1.29, 1.82) is 5.26 Å². The highest BCUT2D eigenvalue weighted by molar-refractivity contribution is 5.94. The van der Waals surface area contributed by atoms with E-state index in [2.05, 4.69) is 62.9 Å². The maximum atomic E-state index is 13.7. The predicted molar refractivity (Wildman–Crippen MR) is 154 cm³/mol. The largest absolute Gasteiger partial charge is 0.309 e. The topological polar surface area (TPSA) is 85.2 Å². The van der Waals surface area contributed by atoms with Crippen molar-refractivity contribution >= 4 is 17.4 Å². The smallest absolute Gasteiger partial charge is 0.227 e. The van der Waals surface area contributed by atoms with E-state index in [4.69, 9.17) is 5.26 Å². The first-order valence-corrected chi connectivity index (χ1v) is 13.4. The number of piperidine rings is 1. The number of aryl methyl sites for hydroxylation is 1. The molecule has 1 fully saturated rings. The van der Waals surface area contributed by atoms with Crippen molar-refractivity contribution in [3.05, 3.63) is 109 Å². The first-order chi connectivity index (χ1) is 19.2. The third kappa shape index (κ3) is 6.86. The van der Waals surface area contributed by atoms with Crippen LogP contribution in [-0.4, -0.2) is 40.0 Å². The van der Waals surface area contributed by atoms with E-state index in [1.807, 2.05) is 41.3 Å². The summed E-state index contributed by atoms with van der Waals surface area (Å²) in [4.78, 5) is 24.1. The number of nitriles is 1. The fourth-order valence-electron chi connectivity index (χ4n) is 5.05. The van der Waals surface area contributed by atoms with Gasteiger partial charge in [-0.1, -0.05) is 42.5 Å². The highest BCUT2D eigenvalue weighted by atomic mass is 16.2. The molecule has 0 bridgehead atoms. The number of amides is 1. The lowest BCUT2D eigenvalue weighted by atomic mass is 10.0. The van der Waals surface area contributed by atoms with Crippen LogP contribution >= 0.6 is 0 Å². The van der Waals surface area contributed by atoms with Crippen LogP contribution in [0.3, 0.4) is 0 Å². The zero-order chi connectivity index (χ0) is 26.9. The van der Waals surface area contributed by atoms with E-state index in [-0.39, 0.29) is 11.9 Å². The molecule has 2 aromatic heterocycles. The minimum atomic E-state index is 0.118. The molecule has 2 aromatic carbocycles. The van der Waals surface area contributed by atoms with Gasteiger partial charge in [0.25, 0.3) is 0 Å². The van der Waals surface area contributed by atoms with Crippen LogP contribution < -0.4 is 10.3 Å². The van der Waals surface area contributed by atoms with Crippen molar-refractivity contribution < 1.29 is 4.79 Å². The van der Waals surface area contributed by atoms with Crippen molar-refractivity contribution in [2.45, 2.75) is 38.1 Å². The first kappa shape index (κ1) is 26.1. The quantitative estimate of drug-likeness (QED) is 0.300. The van der Waals surface area contributed by atoms with Gasteiger partial charge in [-0.25, -0.2) is 9.99 Å². The number of benzene rings is 2. The zero-order valence-electron chi connectivity index (χ0n) is 21.9. The molecule has 1 aliphatic rings. The number of hydrogen-bond acceptors (Lipinski definition) is 6. The van der Waals surface area contributed by atoms with E-state index in [0.717, 1.165) is 55.6 Å². The van der Waals surface area contributed by atoms with Crippen LogP contribution in [0.2, 0.25) is 0 Å². The van der Waals surface area contributed by atoms with Crippen LogP contribution in [0.5, 0.6) is 0 Å². The normalized spacial score (nSPS) is 13.9. The average Bonchev–Trinajstić information content (AvgIpc) is 3.00. The molecular weight excluding hydrogens is 484 g/mol. The van der Waals surface area contributed by atoms with E-state index in [9.17, 15) is 4.79 Å². The van der Waals surface area contributed by atoms with E-state index in [0.29, 0.717) is 17.8 Å². The fourth-order valence-corrected chi connectivity index (χ4v) is 5.05. The number of carbonyl (C=O) groups excluding carboxylic acids is 1. The Bertz CT molecular complexity index is 1380. The van der Waals surface area contributed by atoms with E-state index >= 15 is 0 Å². The summed E-state index contributed by atoms with van der Waals surface area (Å²) in [5.74, 6) is 0.885. The second kappa shape index (κ2) is 12.8. The Morgan fingerprint density at radius 1 is 0.949 bits per heavy atom. The van der Waals surface area contributed by atoms with E-state index in [1.165, 1.54) is 5.56 Å². The van der Waals surface area contributed by atoms with Gasteiger partial charge in [-0.05, 0) is 78.8 Å². The van der Waals surface area contributed by atoms with Crippen molar-refractivity contribution in [1.82, 2.24) is 15.0 Å². The van der Waals surface area contributed by atoms with Crippen LogP contribution in [-0.2, 0) is 11.2 Å². The lowest BCUT2D eigenvalue weighted by Gasteiger charge is -2.39. The molecule has 1 amide bonds. The second-order valence-electron chi connectivity index (χ2n) is 9.76. The summed E-state index contributed by atoms with van der Waals surface area (Å²) in [6.07, 6.45) is 9.07. The number of pyridine rings is 2. The number of anilines is 2. The number of hydrazine groups is 1. The third-order valence-corrected chi connectivity index (χ3v) is 7.12. The van der Waals surface area contributed by atoms with Gasteiger partial charge in [-0.2, -0.15) is 5.26 Å². The molecule has 196 valence electrons. The molecular formula is C32H32N6O. The van der Waals surface area contributed by atoms with Crippen LogP contribution in [0.15, 0.2) is 97.5 Å². The van der Waals surface area contributed by atoms with E-state index < -0.39 is 0 Å². The summed E-state index contributed by atoms with van der Waals surface area (Å²) in [5, 5.41) is 11.1. The molecule has 7 nitrogen and oxygen atoms in total. The molecule has 3 heterocycles. The molecule has 0 atom stereocenters. The van der Waals surface area contributed by atoms with Crippen LogP contribution in [0.25, 0.3) is 11.1 Å². The molecule has 1 aliphatic heterocycles. The Balaban J connectivity index is 1.27. The van der Waals surface area contributed by atoms with Crippen molar-refractivity contribution in [3.63, 3.8) is 0 Å². The Morgan fingerprint density at radius 2 is 1.67 bits per heavy atom. The van der Waals surface area contributed by atoms with Crippen LogP contribution in [0, 0.1) is 11.3 Å². The molecule has 5 rings (SSSR count). The number of nitrogens with one attached hydrogen (secondary N) is 1. The Hall–Kier alpha value is -4.54. The minimum absolute atomic E-state index is 0.118. The third-order valence-electron chi connectivity index (χ3n) is 7.12. The number of nitrogens with zero attached hydrogens (tertiary/aromatic N) is 5. The number of hydrogen-bond donors (Lipinski definition) is 1. The predicted octanol–water partition coefficient (Wildman–Crippen LogP) is 5.86. The average molecular weight is 517 g/mol. The highest BCUT2D eigenvalue weighted by Gasteiger charge is 2.29. The van der Waals surface area contributed by atoms with Gasteiger partial charge in [0.05, 0.1) is 5.56 Å². The van der Waals surface area contributed by atoms with Crippen molar-refractivity contribution in [3.8, 4) is 17.2 Å². The van der Waals surface area contributed by atoms with Crippen LogP contribution in [0.1, 0.15) is 36.8 Å². The van der Waals surface area contributed by atoms with Crippen molar-refractivity contribution in [2.75, 3.05) is 23.4 Å². The number of rotatable bonds is 9. The molecule has 39 heavy (non-hydrogen) atoms. The summed E-state index contributed by atoms with van der Waals surface area (Å²) in [7, 11) is 0. The molecule has 0 unspecified atom stereocenters. The summed E-state index contributed by atoms with van der Waals surface area (Å²) >= 11 is 0. The van der Waals surface area contributed by atoms with Gasteiger partial charge in [0, 0.05) is 49.8 Å². The minimum Gasteiger partial charge on any atom is -0.309 e. The molecule has 1 N–H and O–H groups in total. The second-order valence-corrected chi connectivity index (χ2v) is 9.76. The van der Waals surface area contributed by atoms with Crippen molar-refractivity contribution in [2.24, 2.45) is 0 Å². The Labute approximate surface area is 229 Å². The number of carbonyl (C=O) groups is 1. The number of aromatic nitrogens is 2. The maximum Gasteiger partial charge on any atom is 0.227 e. The molecule has 0 radical (unpaired) electrons. The summed E-state index contributed by atoms with van der Waals surface area (Å²) in [6, 6.07) is 28.4. The summed E-state index contributed by atoms with van der Waals surface area (Å²) in [6.45, 7) is 1.57. The van der Waals surface area contributed by atoms with Crippen LogP contribution in [0.4, 0.5) is 11.5 Å².